The molecule has 0 saturated carbocycles. The van der Waals surface area contributed by atoms with Crippen molar-refractivity contribution in [3.63, 3.8) is 0 Å². The van der Waals surface area contributed by atoms with Crippen LogP contribution in [0.15, 0.2) is 58.4 Å². The van der Waals surface area contributed by atoms with Crippen LogP contribution >= 0.6 is 0 Å². The van der Waals surface area contributed by atoms with Crippen LogP contribution in [0.5, 0.6) is 0 Å². The normalized spacial score (nSPS) is 15.7. The van der Waals surface area contributed by atoms with Gasteiger partial charge in [-0.2, -0.15) is 0 Å². The van der Waals surface area contributed by atoms with E-state index in [2.05, 4.69) is 32.7 Å². The zero-order valence-corrected chi connectivity index (χ0v) is 21.3. The summed E-state index contributed by atoms with van der Waals surface area (Å²) in [4.78, 5) is 59.3. The maximum absolute atomic E-state index is 12.9. The van der Waals surface area contributed by atoms with Crippen LogP contribution in [-0.2, 0) is 19.4 Å². The lowest BCUT2D eigenvalue weighted by atomic mass is 10.1. The van der Waals surface area contributed by atoms with E-state index >= 15 is 0 Å². The van der Waals surface area contributed by atoms with Crippen LogP contribution in [-0.4, -0.2) is 28.3 Å². The van der Waals surface area contributed by atoms with Gasteiger partial charge in [0.25, 0.3) is 22.7 Å². The molecule has 1 aromatic heterocycles. The molecule has 2 amide bonds. The molecule has 1 aliphatic carbocycles. The molecule has 0 saturated heterocycles. The molecule has 39 heavy (non-hydrogen) atoms. The van der Waals surface area contributed by atoms with Gasteiger partial charge in [-0.05, 0) is 54.5 Å². The molecule has 0 unspecified atom stereocenters. The summed E-state index contributed by atoms with van der Waals surface area (Å²) in [7, 11) is 0. The number of hydrogen-bond acceptors (Lipinski definition) is 8. The van der Waals surface area contributed by atoms with Crippen LogP contribution in [0.25, 0.3) is 0 Å². The van der Waals surface area contributed by atoms with Gasteiger partial charge in [-0.3, -0.25) is 19.2 Å². The first-order valence-electron chi connectivity index (χ1n) is 12.8. The van der Waals surface area contributed by atoms with Crippen LogP contribution in [0, 0.1) is 6.92 Å². The van der Waals surface area contributed by atoms with Gasteiger partial charge in [-0.25, -0.2) is 9.97 Å². The van der Waals surface area contributed by atoms with E-state index in [0.717, 1.165) is 41.6 Å². The van der Waals surface area contributed by atoms with Crippen LogP contribution < -0.4 is 32.1 Å². The largest absolute Gasteiger partial charge is 0.394 e. The van der Waals surface area contributed by atoms with E-state index in [1.165, 1.54) is 23.5 Å². The molecule has 10 heteroatoms. The van der Waals surface area contributed by atoms with E-state index in [-0.39, 0.29) is 41.3 Å². The predicted octanol–water partition coefficient (Wildman–Crippen LogP) is 2.00. The van der Waals surface area contributed by atoms with Crippen LogP contribution in [0.3, 0.4) is 0 Å². The lowest BCUT2D eigenvalue weighted by Crippen LogP contribution is -2.40. The van der Waals surface area contributed by atoms with Gasteiger partial charge in [0.2, 0.25) is 0 Å². The van der Waals surface area contributed by atoms with Crippen LogP contribution in [0.1, 0.15) is 61.3 Å². The van der Waals surface area contributed by atoms with Gasteiger partial charge >= 0.3 is 0 Å². The second-order valence-electron chi connectivity index (χ2n) is 10.0. The molecule has 1 atom stereocenters. The fourth-order valence-corrected chi connectivity index (χ4v) is 5.44. The molecular weight excluding hydrogens is 496 g/mol. The number of nitrogens with one attached hydrogen (secondary N) is 2. The highest BCUT2D eigenvalue weighted by molar-refractivity contribution is 5.97. The minimum absolute atomic E-state index is 0.0117. The molecule has 0 spiro atoms. The van der Waals surface area contributed by atoms with Crippen LogP contribution in [0.2, 0.25) is 0 Å². The molecule has 2 heterocycles. The van der Waals surface area contributed by atoms with E-state index < -0.39 is 16.8 Å². The number of fused-ring (bicyclic) bond motifs is 2. The average molecular weight is 523 g/mol. The summed E-state index contributed by atoms with van der Waals surface area (Å²) in [6.07, 6.45) is 3.64. The third-order valence-corrected chi connectivity index (χ3v) is 7.50. The highest BCUT2D eigenvalue weighted by Gasteiger charge is 2.30. The van der Waals surface area contributed by atoms with Gasteiger partial charge in [-0.15, -0.1) is 0 Å². The number of benzene rings is 2. The summed E-state index contributed by atoms with van der Waals surface area (Å²) in [5.74, 6) is -0.807. The minimum atomic E-state index is -0.650. The summed E-state index contributed by atoms with van der Waals surface area (Å²) in [5, 5.41) is 5.85. The molecule has 4 aromatic rings. The summed E-state index contributed by atoms with van der Waals surface area (Å²) in [5.41, 5.74) is 11.1. The SMILES string of the molecule is Cc1ccc2c(c1)CC[C@@H]2NC(=O)c1cc(C(=O)NCc2ccc3c(c2)N(c2c(N)c(=O)c2=O)CC3)ncn1. The number of aryl methyl sites for hydroxylation is 2. The van der Waals surface area contributed by atoms with E-state index in [4.69, 9.17) is 5.73 Å². The van der Waals surface area contributed by atoms with Crippen molar-refractivity contribution in [3.8, 4) is 0 Å². The number of nitrogens with two attached hydrogens (primary N) is 1. The average Bonchev–Trinajstić information content (AvgIpc) is 3.54. The smallest absolute Gasteiger partial charge is 0.270 e. The number of aromatic nitrogens is 2. The molecule has 2 aliphatic rings. The molecule has 10 nitrogen and oxygen atoms in total. The number of carbonyl (C=O) groups is 2. The first-order valence-corrected chi connectivity index (χ1v) is 12.8. The second kappa shape index (κ2) is 9.46. The number of carbonyl (C=O) groups excluding carboxylic acids is 2. The predicted molar refractivity (Wildman–Crippen MR) is 146 cm³/mol. The minimum Gasteiger partial charge on any atom is -0.394 e. The number of amides is 2. The van der Waals surface area contributed by atoms with Crippen LogP contribution in [0.4, 0.5) is 17.1 Å². The zero-order chi connectivity index (χ0) is 27.3. The Morgan fingerprint density at radius 1 is 0.974 bits per heavy atom. The fraction of sp³-hybridized carbons (Fsp3) is 0.241. The molecular formula is C29H26N6O4. The van der Waals surface area contributed by atoms with Gasteiger partial charge in [-0.1, -0.05) is 35.9 Å². The second-order valence-corrected chi connectivity index (χ2v) is 10.0. The third kappa shape index (κ3) is 4.33. The molecule has 0 bridgehead atoms. The molecule has 1 aliphatic heterocycles. The summed E-state index contributed by atoms with van der Waals surface area (Å²) in [6, 6.07) is 13.2. The Balaban J connectivity index is 1.12. The zero-order valence-electron chi connectivity index (χ0n) is 21.3. The first kappa shape index (κ1) is 24.5. The molecule has 4 N–H and O–H groups in total. The highest BCUT2D eigenvalue weighted by Crippen LogP contribution is 2.36. The van der Waals surface area contributed by atoms with Gasteiger partial charge in [0.1, 0.15) is 29.1 Å². The van der Waals surface area contributed by atoms with Crippen molar-refractivity contribution >= 4 is 28.9 Å². The van der Waals surface area contributed by atoms with Gasteiger partial charge in [0.05, 0.1) is 6.04 Å². The Kier molecular flexibility index (Phi) is 5.94. The highest BCUT2D eigenvalue weighted by atomic mass is 16.2. The maximum atomic E-state index is 12.9. The summed E-state index contributed by atoms with van der Waals surface area (Å²) in [6.45, 7) is 2.80. The van der Waals surface area contributed by atoms with Crippen molar-refractivity contribution in [1.82, 2.24) is 20.6 Å². The number of nitrogen functional groups attached to an aromatic ring is 1. The fourth-order valence-electron chi connectivity index (χ4n) is 5.44. The molecule has 0 fully saturated rings. The maximum Gasteiger partial charge on any atom is 0.270 e. The molecule has 6 rings (SSSR count). The summed E-state index contributed by atoms with van der Waals surface area (Å²) < 4.78 is 0. The standard InChI is InChI=1S/C29H26N6O4/c1-15-2-6-19-18(10-15)5-7-20(19)34-29(39)22-12-21(32-14-33-22)28(38)31-13-16-3-4-17-8-9-35(23(17)11-16)25-24(30)26(36)27(25)37/h2-4,6,10-12,14,20H,5,7-9,13,30H2,1H3,(H,31,38)(H,34,39)/t20-/m0/s1. The number of anilines is 3. The topological polar surface area (TPSA) is 147 Å². The Morgan fingerprint density at radius 3 is 2.56 bits per heavy atom. The first-order chi connectivity index (χ1) is 18.8. The monoisotopic (exact) mass is 522 g/mol. The quantitative estimate of drug-likeness (QED) is 0.326. The Labute approximate surface area is 223 Å². The van der Waals surface area contributed by atoms with E-state index in [9.17, 15) is 19.2 Å². The van der Waals surface area contributed by atoms with Gasteiger partial charge in [0, 0.05) is 24.8 Å². The Hall–Kier alpha value is -4.86. The van der Waals surface area contributed by atoms with Crippen molar-refractivity contribution in [2.45, 2.75) is 38.8 Å². The molecule has 196 valence electrons. The van der Waals surface area contributed by atoms with E-state index in [1.807, 2.05) is 31.2 Å². The Bertz CT molecular complexity index is 1720. The van der Waals surface area contributed by atoms with E-state index in [1.54, 1.807) is 4.90 Å². The van der Waals surface area contributed by atoms with Gasteiger partial charge < -0.3 is 21.3 Å². The molecule has 0 radical (unpaired) electrons. The lowest BCUT2D eigenvalue weighted by molar-refractivity contribution is 0.0931. The molecule has 3 aromatic carbocycles. The number of hydrogen-bond donors (Lipinski definition) is 3. The van der Waals surface area contributed by atoms with Crippen molar-refractivity contribution < 1.29 is 9.59 Å². The number of nitrogens with zero attached hydrogens (tertiary/aromatic N) is 3. The third-order valence-electron chi connectivity index (χ3n) is 7.50. The van der Waals surface area contributed by atoms with Crippen molar-refractivity contribution in [1.29, 1.82) is 0 Å². The lowest BCUT2D eigenvalue weighted by Gasteiger charge is -2.22. The van der Waals surface area contributed by atoms with Crippen molar-refractivity contribution in [2.24, 2.45) is 0 Å². The van der Waals surface area contributed by atoms with Crippen molar-refractivity contribution in [2.75, 3.05) is 17.2 Å². The van der Waals surface area contributed by atoms with Crippen molar-refractivity contribution in [3.05, 3.63) is 108 Å². The number of rotatable bonds is 6. The van der Waals surface area contributed by atoms with E-state index in [0.29, 0.717) is 6.54 Å². The Morgan fingerprint density at radius 2 is 1.77 bits per heavy atom. The van der Waals surface area contributed by atoms with Gasteiger partial charge in [0.15, 0.2) is 0 Å². The summed E-state index contributed by atoms with van der Waals surface area (Å²) >= 11 is 0.